The molecule has 74 valence electrons. The lowest BCUT2D eigenvalue weighted by Gasteiger charge is -2.01. The molecule has 0 unspecified atom stereocenters. The van der Waals surface area contributed by atoms with Crippen LogP contribution in [0.5, 0.6) is 0 Å². The van der Waals surface area contributed by atoms with Crippen LogP contribution in [-0.2, 0) is 4.74 Å². The van der Waals surface area contributed by atoms with E-state index < -0.39 is 6.09 Å². The maximum absolute atomic E-state index is 11.4. The van der Waals surface area contributed by atoms with Gasteiger partial charge < -0.3 is 9.15 Å². The van der Waals surface area contributed by atoms with E-state index in [9.17, 15) is 4.79 Å². The molecule has 0 aliphatic rings. The number of hydrogen-bond acceptors (Lipinski definition) is 4. The first kappa shape index (κ1) is 8.80. The number of ether oxygens (including phenoxy) is 1. The van der Waals surface area contributed by atoms with E-state index in [4.69, 9.17) is 9.15 Å². The fourth-order valence-corrected chi connectivity index (χ4v) is 1.15. The SMILES string of the molecule is CCCOC(=O)n1ncc2occc21. The van der Waals surface area contributed by atoms with Crippen LogP contribution >= 0.6 is 0 Å². The summed E-state index contributed by atoms with van der Waals surface area (Å²) >= 11 is 0. The van der Waals surface area contributed by atoms with Gasteiger partial charge in [0.1, 0.15) is 5.52 Å². The van der Waals surface area contributed by atoms with E-state index >= 15 is 0 Å². The summed E-state index contributed by atoms with van der Waals surface area (Å²) in [6.07, 6.45) is 3.32. The Kier molecular flexibility index (Phi) is 2.22. The van der Waals surface area contributed by atoms with Gasteiger partial charge in [-0.1, -0.05) is 6.92 Å². The van der Waals surface area contributed by atoms with Gasteiger partial charge in [0, 0.05) is 6.07 Å². The van der Waals surface area contributed by atoms with Gasteiger partial charge in [-0.3, -0.25) is 0 Å². The highest BCUT2D eigenvalue weighted by Gasteiger charge is 2.12. The Morgan fingerprint density at radius 2 is 2.57 bits per heavy atom. The second kappa shape index (κ2) is 3.53. The third-order valence-corrected chi connectivity index (χ3v) is 1.79. The zero-order chi connectivity index (χ0) is 9.97. The van der Waals surface area contributed by atoms with E-state index in [0.29, 0.717) is 17.7 Å². The highest BCUT2D eigenvalue weighted by molar-refractivity contribution is 5.84. The van der Waals surface area contributed by atoms with Crippen molar-refractivity contribution >= 4 is 17.2 Å². The zero-order valence-electron chi connectivity index (χ0n) is 7.77. The van der Waals surface area contributed by atoms with Crippen molar-refractivity contribution in [2.75, 3.05) is 6.61 Å². The van der Waals surface area contributed by atoms with Crippen LogP contribution < -0.4 is 0 Å². The standard InChI is InChI=1S/C9H10N2O3/c1-2-4-14-9(12)11-7-3-5-13-8(7)6-10-11/h3,5-6H,2,4H2,1H3. The summed E-state index contributed by atoms with van der Waals surface area (Å²) in [5.41, 5.74) is 1.21. The van der Waals surface area contributed by atoms with E-state index in [1.54, 1.807) is 6.07 Å². The highest BCUT2D eigenvalue weighted by atomic mass is 16.6. The first-order chi connectivity index (χ1) is 6.83. The number of hydrogen-bond donors (Lipinski definition) is 0. The third kappa shape index (κ3) is 1.37. The number of nitrogens with zero attached hydrogens (tertiary/aromatic N) is 2. The molecule has 2 aromatic heterocycles. The lowest BCUT2D eigenvalue weighted by atomic mass is 10.5. The molecule has 2 rings (SSSR count). The highest BCUT2D eigenvalue weighted by Crippen LogP contribution is 2.14. The van der Waals surface area contributed by atoms with Gasteiger partial charge in [-0.05, 0) is 6.42 Å². The van der Waals surface area contributed by atoms with Crippen molar-refractivity contribution in [3.63, 3.8) is 0 Å². The van der Waals surface area contributed by atoms with Gasteiger partial charge in [-0.25, -0.2) is 4.79 Å². The Balaban J connectivity index is 2.25. The summed E-state index contributed by atoms with van der Waals surface area (Å²) in [6, 6.07) is 1.68. The lowest BCUT2D eigenvalue weighted by molar-refractivity contribution is 0.145. The maximum atomic E-state index is 11.4. The molecule has 0 amide bonds. The van der Waals surface area contributed by atoms with Crippen LogP contribution in [0, 0.1) is 0 Å². The second-order valence-electron chi connectivity index (χ2n) is 2.84. The predicted molar refractivity (Wildman–Crippen MR) is 49.0 cm³/mol. The Hall–Kier alpha value is -1.78. The molecule has 0 N–H and O–H groups in total. The molecule has 0 saturated carbocycles. The molecule has 5 nitrogen and oxygen atoms in total. The van der Waals surface area contributed by atoms with Crippen LogP contribution in [0.2, 0.25) is 0 Å². The summed E-state index contributed by atoms with van der Waals surface area (Å²) in [6.45, 7) is 2.34. The first-order valence-corrected chi connectivity index (χ1v) is 4.41. The van der Waals surface area contributed by atoms with Gasteiger partial charge in [0.2, 0.25) is 0 Å². The molecule has 0 atom stereocenters. The smallest absolute Gasteiger partial charge is 0.435 e. The maximum Gasteiger partial charge on any atom is 0.435 e. The largest absolute Gasteiger partial charge is 0.461 e. The summed E-state index contributed by atoms with van der Waals surface area (Å²) in [5, 5.41) is 3.86. The normalized spacial score (nSPS) is 10.6. The molecule has 0 aromatic carbocycles. The monoisotopic (exact) mass is 194 g/mol. The summed E-state index contributed by atoms with van der Waals surface area (Å²) in [5.74, 6) is 0. The van der Waals surface area contributed by atoms with E-state index in [1.807, 2.05) is 6.92 Å². The van der Waals surface area contributed by atoms with Crippen LogP contribution in [0.4, 0.5) is 4.79 Å². The molecule has 5 heteroatoms. The average Bonchev–Trinajstić information content (AvgIpc) is 2.74. The van der Waals surface area contributed by atoms with Gasteiger partial charge in [0.05, 0.1) is 19.1 Å². The number of furan rings is 1. The second-order valence-corrected chi connectivity index (χ2v) is 2.84. The molecular formula is C9H10N2O3. The summed E-state index contributed by atoms with van der Waals surface area (Å²) in [4.78, 5) is 11.4. The van der Waals surface area contributed by atoms with Crippen molar-refractivity contribution < 1.29 is 13.9 Å². The van der Waals surface area contributed by atoms with Crippen LogP contribution in [0.3, 0.4) is 0 Å². The minimum absolute atomic E-state index is 0.401. The Labute approximate surface area is 80.2 Å². The van der Waals surface area contributed by atoms with Crippen molar-refractivity contribution in [2.45, 2.75) is 13.3 Å². The summed E-state index contributed by atoms with van der Waals surface area (Å²) < 4.78 is 11.2. The van der Waals surface area contributed by atoms with E-state index in [1.165, 1.54) is 17.1 Å². The van der Waals surface area contributed by atoms with Crippen molar-refractivity contribution in [1.29, 1.82) is 0 Å². The van der Waals surface area contributed by atoms with Gasteiger partial charge in [0.15, 0.2) is 5.58 Å². The number of fused-ring (bicyclic) bond motifs is 1. The number of carbonyl (C=O) groups is 1. The Bertz CT molecular complexity index is 444. The zero-order valence-corrected chi connectivity index (χ0v) is 7.77. The van der Waals surface area contributed by atoms with Crippen molar-refractivity contribution in [1.82, 2.24) is 9.78 Å². The minimum atomic E-state index is -0.469. The minimum Gasteiger partial charge on any atom is -0.461 e. The third-order valence-electron chi connectivity index (χ3n) is 1.79. The molecule has 0 aliphatic carbocycles. The Morgan fingerprint density at radius 3 is 3.36 bits per heavy atom. The van der Waals surface area contributed by atoms with Crippen molar-refractivity contribution in [3.05, 3.63) is 18.5 Å². The topological polar surface area (TPSA) is 57.3 Å². The van der Waals surface area contributed by atoms with Crippen LogP contribution in [-0.4, -0.2) is 22.5 Å². The molecule has 2 heterocycles. The first-order valence-electron chi connectivity index (χ1n) is 4.41. The van der Waals surface area contributed by atoms with Crippen LogP contribution in [0.1, 0.15) is 13.3 Å². The summed E-state index contributed by atoms with van der Waals surface area (Å²) in [7, 11) is 0. The number of carbonyl (C=O) groups excluding carboxylic acids is 1. The number of rotatable bonds is 2. The van der Waals surface area contributed by atoms with E-state index in [2.05, 4.69) is 5.10 Å². The molecule has 0 saturated heterocycles. The molecule has 0 radical (unpaired) electrons. The lowest BCUT2D eigenvalue weighted by Crippen LogP contribution is -2.15. The molecular weight excluding hydrogens is 184 g/mol. The molecule has 0 spiro atoms. The molecule has 14 heavy (non-hydrogen) atoms. The van der Waals surface area contributed by atoms with Gasteiger partial charge in [-0.15, -0.1) is 0 Å². The molecule has 0 aliphatic heterocycles. The van der Waals surface area contributed by atoms with Gasteiger partial charge >= 0.3 is 6.09 Å². The Morgan fingerprint density at radius 1 is 1.71 bits per heavy atom. The fraction of sp³-hybridized carbons (Fsp3) is 0.333. The average molecular weight is 194 g/mol. The van der Waals surface area contributed by atoms with E-state index in [-0.39, 0.29) is 0 Å². The molecule has 0 fully saturated rings. The van der Waals surface area contributed by atoms with E-state index in [0.717, 1.165) is 6.42 Å². The molecule has 0 bridgehead atoms. The predicted octanol–water partition coefficient (Wildman–Crippen LogP) is 2.02. The molecule has 2 aromatic rings. The van der Waals surface area contributed by atoms with Gasteiger partial charge in [-0.2, -0.15) is 9.78 Å². The van der Waals surface area contributed by atoms with Crippen LogP contribution in [0.25, 0.3) is 11.1 Å². The van der Waals surface area contributed by atoms with Crippen LogP contribution in [0.15, 0.2) is 22.9 Å². The number of aromatic nitrogens is 2. The fourth-order valence-electron chi connectivity index (χ4n) is 1.15. The van der Waals surface area contributed by atoms with Crippen molar-refractivity contribution in [3.8, 4) is 0 Å². The quantitative estimate of drug-likeness (QED) is 0.733. The van der Waals surface area contributed by atoms with Gasteiger partial charge in [0.25, 0.3) is 0 Å². The van der Waals surface area contributed by atoms with Crippen molar-refractivity contribution in [2.24, 2.45) is 0 Å².